The minimum atomic E-state index is -0.465. The summed E-state index contributed by atoms with van der Waals surface area (Å²) in [4.78, 5) is 14.6. The molecule has 0 saturated heterocycles. The van der Waals surface area contributed by atoms with Crippen molar-refractivity contribution < 1.29 is 9.34 Å². The second-order valence-electron chi connectivity index (χ2n) is 4.45. The van der Waals surface area contributed by atoms with Crippen molar-refractivity contribution in [3.63, 3.8) is 0 Å². The van der Waals surface area contributed by atoms with Crippen LogP contribution >= 0.6 is 0 Å². The van der Waals surface area contributed by atoms with Crippen LogP contribution in [0.1, 0.15) is 5.56 Å². The number of fused-ring (bicyclic) bond motifs is 1. The van der Waals surface area contributed by atoms with Crippen LogP contribution in [0, 0.1) is 17.0 Å². The highest BCUT2D eigenvalue weighted by Crippen LogP contribution is 2.30. The van der Waals surface area contributed by atoms with Gasteiger partial charge >= 0.3 is 0 Å². The molecule has 0 aliphatic heterocycles. The van der Waals surface area contributed by atoms with Crippen LogP contribution in [0.4, 0.5) is 11.4 Å². The van der Waals surface area contributed by atoms with Crippen molar-refractivity contribution in [2.75, 3.05) is 5.73 Å². The van der Waals surface area contributed by atoms with Gasteiger partial charge in [0.15, 0.2) is 5.58 Å². The average molecular weight is 269 g/mol. The van der Waals surface area contributed by atoms with E-state index in [1.54, 1.807) is 12.1 Å². The van der Waals surface area contributed by atoms with Gasteiger partial charge in [-0.05, 0) is 30.7 Å². The quantitative estimate of drug-likeness (QED) is 0.437. The lowest BCUT2D eigenvalue weighted by molar-refractivity contribution is -0.384. The minimum absolute atomic E-state index is 0.0236. The van der Waals surface area contributed by atoms with E-state index in [9.17, 15) is 10.1 Å². The number of anilines is 1. The fraction of sp³-hybridized carbons (Fsp3) is 0.0714. The third kappa shape index (κ3) is 1.87. The fourth-order valence-electron chi connectivity index (χ4n) is 2.03. The lowest BCUT2D eigenvalue weighted by Crippen LogP contribution is -1.91. The lowest BCUT2D eigenvalue weighted by atomic mass is 10.1. The van der Waals surface area contributed by atoms with Gasteiger partial charge in [0.25, 0.3) is 5.69 Å². The van der Waals surface area contributed by atoms with Gasteiger partial charge in [-0.2, -0.15) is 0 Å². The summed E-state index contributed by atoms with van der Waals surface area (Å²) >= 11 is 0. The maximum atomic E-state index is 10.7. The van der Waals surface area contributed by atoms with E-state index in [4.69, 9.17) is 10.2 Å². The molecule has 20 heavy (non-hydrogen) atoms. The van der Waals surface area contributed by atoms with Gasteiger partial charge in [-0.25, -0.2) is 4.98 Å². The predicted octanol–water partition coefficient (Wildman–Crippen LogP) is 3.29. The Labute approximate surface area is 114 Å². The van der Waals surface area contributed by atoms with Crippen LogP contribution in [0.5, 0.6) is 0 Å². The molecule has 1 heterocycles. The first-order chi connectivity index (χ1) is 9.56. The Morgan fingerprint density at radius 2 is 2.10 bits per heavy atom. The number of hydrogen-bond acceptors (Lipinski definition) is 5. The molecule has 100 valence electrons. The lowest BCUT2D eigenvalue weighted by Gasteiger charge is -2.03. The molecule has 0 aliphatic rings. The second-order valence-corrected chi connectivity index (χ2v) is 4.45. The summed E-state index contributed by atoms with van der Waals surface area (Å²) in [5.74, 6) is 0.408. The summed E-state index contributed by atoms with van der Waals surface area (Å²) in [6.07, 6.45) is 0. The third-order valence-corrected chi connectivity index (χ3v) is 3.19. The third-order valence-electron chi connectivity index (χ3n) is 3.19. The Balaban J connectivity index is 2.18. The van der Waals surface area contributed by atoms with Crippen molar-refractivity contribution in [1.29, 1.82) is 0 Å². The maximum Gasteiger partial charge on any atom is 0.273 e. The Hall–Kier alpha value is -2.89. The molecule has 0 amide bonds. The number of oxazole rings is 1. The van der Waals surface area contributed by atoms with Gasteiger partial charge in [0.2, 0.25) is 5.89 Å². The van der Waals surface area contributed by atoms with Crippen LogP contribution < -0.4 is 5.73 Å². The molecule has 0 spiro atoms. The summed E-state index contributed by atoms with van der Waals surface area (Å²) in [7, 11) is 0. The van der Waals surface area contributed by atoms with E-state index in [2.05, 4.69) is 4.98 Å². The van der Waals surface area contributed by atoms with Gasteiger partial charge in [-0.15, -0.1) is 0 Å². The number of hydrogen-bond donors (Lipinski definition) is 1. The number of nitro groups is 1. The van der Waals surface area contributed by atoms with Crippen LogP contribution in [0.3, 0.4) is 0 Å². The van der Waals surface area contributed by atoms with Crippen molar-refractivity contribution in [1.82, 2.24) is 4.98 Å². The average Bonchev–Trinajstić information content (AvgIpc) is 2.84. The summed E-state index contributed by atoms with van der Waals surface area (Å²) in [6, 6.07) is 9.81. The Morgan fingerprint density at radius 1 is 1.30 bits per heavy atom. The number of nitrogens with zero attached hydrogens (tertiary/aromatic N) is 2. The maximum absolute atomic E-state index is 10.7. The molecule has 3 aromatic rings. The van der Waals surface area contributed by atoms with Crippen LogP contribution in [-0.4, -0.2) is 9.91 Å². The predicted molar refractivity (Wildman–Crippen MR) is 75.2 cm³/mol. The summed E-state index contributed by atoms with van der Waals surface area (Å²) in [5.41, 5.74) is 9.09. The van der Waals surface area contributed by atoms with Crippen molar-refractivity contribution in [2.24, 2.45) is 0 Å². The van der Waals surface area contributed by atoms with Gasteiger partial charge in [0.05, 0.1) is 11.0 Å². The van der Waals surface area contributed by atoms with E-state index in [1.165, 1.54) is 12.1 Å². The summed E-state index contributed by atoms with van der Waals surface area (Å²) in [6.45, 7) is 1.88. The first-order valence-corrected chi connectivity index (χ1v) is 5.96. The molecule has 0 fully saturated rings. The summed E-state index contributed by atoms with van der Waals surface area (Å²) < 4.78 is 5.61. The zero-order valence-corrected chi connectivity index (χ0v) is 10.7. The molecule has 0 radical (unpaired) electrons. The molecule has 0 saturated carbocycles. The van der Waals surface area contributed by atoms with E-state index in [-0.39, 0.29) is 5.69 Å². The first kappa shape index (κ1) is 12.2. The number of aromatic nitrogens is 1. The summed E-state index contributed by atoms with van der Waals surface area (Å²) in [5, 5.41) is 10.7. The van der Waals surface area contributed by atoms with E-state index in [0.717, 1.165) is 11.1 Å². The van der Waals surface area contributed by atoms with Crippen molar-refractivity contribution >= 4 is 22.5 Å². The van der Waals surface area contributed by atoms with E-state index < -0.39 is 4.92 Å². The topological polar surface area (TPSA) is 95.2 Å². The Bertz CT molecular complexity index is 824. The molecular weight excluding hydrogens is 258 g/mol. The van der Waals surface area contributed by atoms with E-state index in [0.29, 0.717) is 22.7 Å². The van der Waals surface area contributed by atoms with E-state index >= 15 is 0 Å². The van der Waals surface area contributed by atoms with Gasteiger partial charge < -0.3 is 10.2 Å². The number of nitro benzene ring substituents is 1. The highest BCUT2D eigenvalue weighted by atomic mass is 16.6. The largest absolute Gasteiger partial charge is 0.436 e. The molecule has 0 atom stereocenters. The first-order valence-electron chi connectivity index (χ1n) is 5.96. The van der Waals surface area contributed by atoms with Gasteiger partial charge in [-0.3, -0.25) is 10.1 Å². The molecule has 1 aromatic heterocycles. The highest BCUT2D eigenvalue weighted by Gasteiger charge is 2.14. The zero-order valence-electron chi connectivity index (χ0n) is 10.7. The van der Waals surface area contributed by atoms with Crippen molar-refractivity contribution in [2.45, 2.75) is 6.92 Å². The monoisotopic (exact) mass is 269 g/mol. The van der Waals surface area contributed by atoms with Gasteiger partial charge in [-0.1, -0.05) is 6.07 Å². The number of benzene rings is 2. The smallest absolute Gasteiger partial charge is 0.273 e. The minimum Gasteiger partial charge on any atom is -0.436 e. The SMILES string of the molecule is Cc1c(N)cccc1-c1nc2ccc([N+](=O)[O-])cc2o1. The van der Waals surface area contributed by atoms with E-state index in [1.807, 2.05) is 19.1 Å². The van der Waals surface area contributed by atoms with Crippen molar-refractivity contribution in [3.8, 4) is 11.5 Å². The standard InChI is InChI=1S/C14H11N3O3/c1-8-10(3-2-4-11(8)15)14-16-12-6-5-9(17(18)19)7-13(12)20-14/h2-7H,15H2,1H3. The molecule has 0 aliphatic carbocycles. The van der Waals surface area contributed by atoms with Crippen LogP contribution in [-0.2, 0) is 0 Å². The fourth-order valence-corrected chi connectivity index (χ4v) is 2.03. The molecule has 2 N–H and O–H groups in total. The normalized spacial score (nSPS) is 10.8. The van der Waals surface area contributed by atoms with Gasteiger partial charge in [0, 0.05) is 17.3 Å². The molecule has 6 nitrogen and oxygen atoms in total. The number of nitrogens with two attached hydrogens (primary N) is 1. The second kappa shape index (κ2) is 4.34. The number of non-ortho nitro benzene ring substituents is 1. The zero-order chi connectivity index (χ0) is 14.3. The molecule has 0 bridgehead atoms. The molecule has 2 aromatic carbocycles. The van der Waals surface area contributed by atoms with Crippen LogP contribution in [0.25, 0.3) is 22.6 Å². The van der Waals surface area contributed by atoms with Gasteiger partial charge in [0.1, 0.15) is 5.52 Å². The Kier molecular flexibility index (Phi) is 2.64. The Morgan fingerprint density at radius 3 is 2.85 bits per heavy atom. The van der Waals surface area contributed by atoms with Crippen LogP contribution in [0.15, 0.2) is 40.8 Å². The van der Waals surface area contributed by atoms with Crippen molar-refractivity contribution in [3.05, 3.63) is 52.1 Å². The molecular formula is C14H11N3O3. The number of nitrogen functional groups attached to an aromatic ring is 1. The van der Waals surface area contributed by atoms with Crippen LogP contribution in [0.2, 0.25) is 0 Å². The molecule has 3 rings (SSSR count). The molecule has 0 unspecified atom stereocenters. The molecule has 6 heteroatoms. The number of rotatable bonds is 2. The highest BCUT2D eigenvalue weighted by molar-refractivity contribution is 5.79.